The van der Waals surface area contributed by atoms with Crippen LogP contribution in [0.4, 0.5) is 5.69 Å². The summed E-state index contributed by atoms with van der Waals surface area (Å²) in [4.78, 5) is 52.4. The van der Waals surface area contributed by atoms with Gasteiger partial charge in [0.2, 0.25) is 0 Å². The predicted molar refractivity (Wildman–Crippen MR) is 135 cm³/mol. The third-order valence-electron chi connectivity index (χ3n) is 5.31. The van der Waals surface area contributed by atoms with Gasteiger partial charge in [0, 0.05) is 6.07 Å². The molecule has 1 aliphatic heterocycles. The van der Waals surface area contributed by atoms with Gasteiger partial charge in [0.15, 0.2) is 6.61 Å². The Morgan fingerprint density at radius 2 is 1.47 bits per heavy atom. The molecule has 0 saturated carbocycles. The fourth-order valence-corrected chi connectivity index (χ4v) is 4.63. The Morgan fingerprint density at radius 1 is 0.917 bits per heavy atom. The predicted octanol–water partition coefficient (Wildman–Crippen LogP) is 5.12. The molecule has 0 fully saturated rings. The maximum absolute atomic E-state index is 13.2. The number of imide groups is 1. The van der Waals surface area contributed by atoms with Crippen LogP contribution in [0.3, 0.4) is 0 Å². The minimum absolute atomic E-state index is 0.196. The van der Waals surface area contributed by atoms with Crippen LogP contribution in [-0.2, 0) is 14.3 Å². The lowest BCUT2D eigenvalue weighted by molar-refractivity contribution is -0.152. The first-order valence-electron chi connectivity index (χ1n) is 10.4. The van der Waals surface area contributed by atoms with Gasteiger partial charge in [-0.15, -0.1) is 0 Å². The molecule has 0 aromatic heterocycles. The molecule has 1 N–H and O–H groups in total. The van der Waals surface area contributed by atoms with Gasteiger partial charge in [0.1, 0.15) is 17.5 Å². The lowest BCUT2D eigenvalue weighted by Gasteiger charge is -2.27. The maximum Gasteiger partial charge on any atom is 0.330 e. The largest absolute Gasteiger partial charge is 0.497 e. The summed E-state index contributed by atoms with van der Waals surface area (Å²) in [6, 6.07) is 3.37. The van der Waals surface area contributed by atoms with Gasteiger partial charge >= 0.3 is 5.97 Å². The number of benzene rings is 2. The van der Waals surface area contributed by atoms with Gasteiger partial charge in [-0.25, -0.2) is 4.79 Å². The molecule has 9 nitrogen and oxygen atoms in total. The zero-order chi connectivity index (χ0) is 26.9. The van der Waals surface area contributed by atoms with Crippen LogP contribution >= 0.6 is 46.4 Å². The number of hydrogen-bond acceptors (Lipinski definition) is 7. The topological polar surface area (TPSA) is 111 Å². The van der Waals surface area contributed by atoms with Crippen molar-refractivity contribution in [1.29, 1.82) is 0 Å². The molecule has 2 aromatic carbocycles. The average Bonchev–Trinajstić information content (AvgIpc) is 3.10. The standard InChI is InChI=1S/C23H20Cl4N2O7/c1-9(2)20(29-21(31)14-15(22(29)32)17(25)19(27)18(26)16(14)24)23(33)36-8-13(30)28-11-7-10(34-3)5-6-12(11)35-4/h5-7,9,20H,8H2,1-4H3,(H,28,30)/t20-/m0/s1. The van der Waals surface area contributed by atoms with E-state index in [0.717, 1.165) is 0 Å². The van der Waals surface area contributed by atoms with E-state index in [0.29, 0.717) is 16.4 Å². The number of amides is 3. The molecule has 0 saturated heterocycles. The molecule has 192 valence electrons. The van der Waals surface area contributed by atoms with Gasteiger partial charge in [0.05, 0.1) is 51.1 Å². The van der Waals surface area contributed by atoms with Crippen molar-refractivity contribution >= 4 is 75.8 Å². The normalized spacial score (nSPS) is 13.5. The number of halogens is 4. The molecular formula is C23H20Cl4N2O7. The number of fused-ring (bicyclic) bond motifs is 1. The molecule has 36 heavy (non-hydrogen) atoms. The van der Waals surface area contributed by atoms with Crippen LogP contribution in [0.25, 0.3) is 0 Å². The van der Waals surface area contributed by atoms with Crippen LogP contribution in [0, 0.1) is 5.92 Å². The maximum atomic E-state index is 13.2. The number of ether oxygens (including phenoxy) is 3. The second-order valence-electron chi connectivity index (χ2n) is 7.90. The average molecular weight is 578 g/mol. The van der Waals surface area contributed by atoms with Crippen LogP contribution in [0.15, 0.2) is 18.2 Å². The van der Waals surface area contributed by atoms with Gasteiger partial charge < -0.3 is 19.5 Å². The van der Waals surface area contributed by atoms with E-state index in [-0.39, 0.29) is 36.9 Å². The quantitative estimate of drug-likeness (QED) is 0.200. The molecule has 3 amide bonds. The molecule has 0 unspecified atom stereocenters. The molecule has 1 atom stereocenters. The lowest BCUT2D eigenvalue weighted by Crippen LogP contribution is -2.49. The SMILES string of the molecule is COc1ccc(OC)c(NC(=O)COC(=O)[C@H](C(C)C)N2C(=O)c3c(Cl)c(Cl)c(Cl)c(Cl)c3C2=O)c1. The van der Waals surface area contributed by atoms with E-state index in [4.69, 9.17) is 60.6 Å². The second kappa shape index (κ2) is 11.1. The molecule has 3 rings (SSSR count). The number of carbonyl (C=O) groups is 4. The number of rotatable bonds is 8. The van der Waals surface area contributed by atoms with Gasteiger partial charge in [-0.3, -0.25) is 19.3 Å². The monoisotopic (exact) mass is 576 g/mol. The first-order valence-corrected chi connectivity index (χ1v) is 11.9. The summed E-state index contributed by atoms with van der Waals surface area (Å²) < 4.78 is 15.5. The number of carbonyl (C=O) groups excluding carboxylic acids is 4. The summed E-state index contributed by atoms with van der Waals surface area (Å²) in [7, 11) is 2.88. The fraction of sp³-hybridized carbons (Fsp3) is 0.304. The fourth-order valence-electron chi connectivity index (χ4n) is 3.61. The zero-order valence-electron chi connectivity index (χ0n) is 19.4. The first kappa shape index (κ1) is 27.9. The van der Waals surface area contributed by atoms with Crippen LogP contribution in [0.1, 0.15) is 34.6 Å². The van der Waals surface area contributed by atoms with E-state index in [9.17, 15) is 19.2 Å². The number of esters is 1. The molecule has 13 heteroatoms. The Labute approximate surface area is 226 Å². The third-order valence-corrected chi connectivity index (χ3v) is 7.11. The van der Waals surface area contributed by atoms with Crippen LogP contribution in [0.2, 0.25) is 20.1 Å². The number of nitrogens with one attached hydrogen (secondary N) is 1. The highest BCUT2D eigenvalue weighted by Crippen LogP contribution is 2.45. The molecule has 1 aliphatic rings. The minimum atomic E-state index is -1.39. The number of hydrogen-bond donors (Lipinski definition) is 1. The van der Waals surface area contributed by atoms with Crippen molar-refractivity contribution in [2.75, 3.05) is 26.1 Å². The molecule has 0 bridgehead atoms. The highest BCUT2D eigenvalue weighted by molar-refractivity contribution is 6.55. The highest BCUT2D eigenvalue weighted by atomic mass is 35.5. The molecule has 1 heterocycles. The lowest BCUT2D eigenvalue weighted by atomic mass is 10.0. The zero-order valence-corrected chi connectivity index (χ0v) is 22.4. The van der Waals surface area contributed by atoms with Crippen molar-refractivity contribution in [1.82, 2.24) is 4.90 Å². The Bertz CT molecular complexity index is 1220. The van der Waals surface area contributed by atoms with Crippen molar-refractivity contribution in [2.24, 2.45) is 5.92 Å². The first-order chi connectivity index (χ1) is 16.9. The number of methoxy groups -OCH3 is 2. The molecule has 0 spiro atoms. The summed E-state index contributed by atoms with van der Waals surface area (Å²) in [5.41, 5.74) is -0.235. The van der Waals surface area contributed by atoms with Gasteiger partial charge in [0.25, 0.3) is 17.7 Å². The summed E-state index contributed by atoms with van der Waals surface area (Å²) in [5.74, 6) is -3.23. The molecule has 0 radical (unpaired) electrons. The Kier molecular flexibility index (Phi) is 8.61. The Balaban J connectivity index is 1.80. The third kappa shape index (κ3) is 5.06. The molecule has 2 aromatic rings. The minimum Gasteiger partial charge on any atom is -0.497 e. The molecule has 0 aliphatic carbocycles. The summed E-state index contributed by atoms with van der Waals surface area (Å²) in [6.45, 7) is 2.49. The Morgan fingerprint density at radius 3 is 1.94 bits per heavy atom. The van der Waals surface area contributed by atoms with Crippen molar-refractivity contribution in [3.8, 4) is 11.5 Å². The van der Waals surface area contributed by atoms with E-state index >= 15 is 0 Å². The van der Waals surface area contributed by atoms with Crippen LogP contribution in [0.5, 0.6) is 11.5 Å². The van der Waals surface area contributed by atoms with E-state index < -0.39 is 42.3 Å². The second-order valence-corrected chi connectivity index (χ2v) is 9.41. The van der Waals surface area contributed by atoms with E-state index in [2.05, 4.69) is 5.32 Å². The summed E-state index contributed by atoms with van der Waals surface area (Å²) in [5, 5.41) is 1.64. The smallest absolute Gasteiger partial charge is 0.330 e. The van der Waals surface area contributed by atoms with Gasteiger partial charge in [-0.2, -0.15) is 0 Å². The van der Waals surface area contributed by atoms with Crippen LogP contribution in [-0.4, -0.2) is 55.5 Å². The Hall–Kier alpha value is -2.72. The number of anilines is 1. The summed E-state index contributed by atoms with van der Waals surface area (Å²) in [6.07, 6.45) is 0. The van der Waals surface area contributed by atoms with E-state index in [1.807, 2.05) is 0 Å². The number of nitrogens with zero attached hydrogens (tertiary/aromatic N) is 1. The molecular weight excluding hydrogens is 558 g/mol. The van der Waals surface area contributed by atoms with E-state index in [1.165, 1.54) is 20.3 Å². The van der Waals surface area contributed by atoms with Crippen molar-refractivity contribution in [3.05, 3.63) is 49.4 Å². The van der Waals surface area contributed by atoms with Crippen molar-refractivity contribution < 1.29 is 33.4 Å². The van der Waals surface area contributed by atoms with Gasteiger partial charge in [-0.05, 0) is 18.1 Å². The summed E-state index contributed by atoms with van der Waals surface area (Å²) >= 11 is 24.4. The van der Waals surface area contributed by atoms with E-state index in [1.54, 1.807) is 26.0 Å². The van der Waals surface area contributed by atoms with Crippen molar-refractivity contribution in [2.45, 2.75) is 19.9 Å². The van der Waals surface area contributed by atoms with Gasteiger partial charge in [-0.1, -0.05) is 60.3 Å². The van der Waals surface area contributed by atoms with Crippen molar-refractivity contribution in [3.63, 3.8) is 0 Å². The van der Waals surface area contributed by atoms with Crippen LogP contribution < -0.4 is 14.8 Å². The highest BCUT2D eigenvalue weighted by Gasteiger charge is 2.48.